The highest BCUT2D eigenvalue weighted by molar-refractivity contribution is 5.98. The summed E-state index contributed by atoms with van der Waals surface area (Å²) in [5.74, 6) is -0.348. The van der Waals surface area contributed by atoms with E-state index in [1.807, 2.05) is 31.2 Å². The summed E-state index contributed by atoms with van der Waals surface area (Å²) < 4.78 is 13.0. The van der Waals surface area contributed by atoms with E-state index in [-0.39, 0.29) is 29.8 Å². The van der Waals surface area contributed by atoms with Crippen LogP contribution in [0.4, 0.5) is 4.39 Å². The Labute approximate surface area is 147 Å². The van der Waals surface area contributed by atoms with Crippen molar-refractivity contribution in [2.75, 3.05) is 13.1 Å². The summed E-state index contributed by atoms with van der Waals surface area (Å²) in [6, 6.07) is 13.6. The molecule has 1 unspecified atom stereocenters. The average molecular weight is 339 g/mol. The van der Waals surface area contributed by atoms with Gasteiger partial charge in [-0.25, -0.2) is 4.39 Å². The number of Topliss-reactive ketones (excluding diaryl/α,β-unsaturated/α-hetero) is 1. The Morgan fingerprint density at radius 1 is 1.08 bits per heavy atom. The van der Waals surface area contributed by atoms with Gasteiger partial charge in [-0.15, -0.1) is 0 Å². The first kappa shape index (κ1) is 17.3. The molecule has 130 valence electrons. The number of hydrogen-bond acceptors (Lipinski definition) is 2. The Kier molecular flexibility index (Phi) is 5.27. The Balaban J connectivity index is 1.63. The molecule has 3 nitrogen and oxygen atoms in total. The number of hydrogen-bond donors (Lipinski definition) is 0. The predicted molar refractivity (Wildman–Crippen MR) is 94.9 cm³/mol. The zero-order valence-electron chi connectivity index (χ0n) is 14.4. The lowest BCUT2D eigenvalue weighted by Crippen LogP contribution is -2.43. The standard InChI is InChI=1S/C21H22FNO2/c1-15-4-8-17(9-5-15)21(25)18-3-2-12-23(14-18)20(24)13-16-6-10-19(22)11-7-16/h4-11,18H,2-3,12-14H2,1H3. The van der Waals surface area contributed by atoms with Gasteiger partial charge in [0.25, 0.3) is 0 Å². The van der Waals surface area contributed by atoms with Crippen molar-refractivity contribution in [3.05, 3.63) is 71.0 Å². The van der Waals surface area contributed by atoms with Gasteiger partial charge in [0.2, 0.25) is 5.91 Å². The molecule has 0 radical (unpaired) electrons. The van der Waals surface area contributed by atoms with E-state index >= 15 is 0 Å². The molecule has 2 aromatic rings. The fraction of sp³-hybridized carbons (Fsp3) is 0.333. The van der Waals surface area contributed by atoms with Crippen LogP contribution in [0.5, 0.6) is 0 Å². The van der Waals surface area contributed by atoms with Crippen LogP contribution in [0, 0.1) is 18.7 Å². The molecule has 1 aliphatic rings. The number of carbonyl (C=O) groups excluding carboxylic acids is 2. The molecule has 0 bridgehead atoms. The number of piperidine rings is 1. The highest BCUT2D eigenvalue weighted by Crippen LogP contribution is 2.22. The van der Waals surface area contributed by atoms with E-state index in [1.54, 1.807) is 17.0 Å². The largest absolute Gasteiger partial charge is 0.342 e. The molecule has 0 N–H and O–H groups in total. The van der Waals surface area contributed by atoms with E-state index in [2.05, 4.69) is 0 Å². The van der Waals surface area contributed by atoms with Crippen LogP contribution in [-0.4, -0.2) is 29.7 Å². The summed E-state index contributed by atoms with van der Waals surface area (Å²) in [6.45, 7) is 3.13. The van der Waals surface area contributed by atoms with Gasteiger partial charge < -0.3 is 4.90 Å². The number of halogens is 1. The van der Waals surface area contributed by atoms with Gasteiger partial charge in [-0.05, 0) is 37.5 Å². The Hall–Kier alpha value is -2.49. The van der Waals surface area contributed by atoms with E-state index < -0.39 is 0 Å². The summed E-state index contributed by atoms with van der Waals surface area (Å²) >= 11 is 0. The second-order valence-corrected chi connectivity index (χ2v) is 6.71. The van der Waals surface area contributed by atoms with Crippen LogP contribution in [0.3, 0.4) is 0 Å². The van der Waals surface area contributed by atoms with Gasteiger partial charge in [-0.1, -0.05) is 42.0 Å². The monoisotopic (exact) mass is 339 g/mol. The van der Waals surface area contributed by atoms with Crippen LogP contribution in [0.25, 0.3) is 0 Å². The predicted octanol–water partition coefficient (Wildman–Crippen LogP) is 3.80. The summed E-state index contributed by atoms with van der Waals surface area (Å²) in [5, 5.41) is 0. The lowest BCUT2D eigenvalue weighted by molar-refractivity contribution is -0.131. The van der Waals surface area contributed by atoms with Crippen molar-refractivity contribution >= 4 is 11.7 Å². The zero-order chi connectivity index (χ0) is 17.8. The summed E-state index contributed by atoms with van der Waals surface area (Å²) in [4.78, 5) is 27.0. The fourth-order valence-electron chi connectivity index (χ4n) is 3.26. The second kappa shape index (κ2) is 7.60. The van der Waals surface area contributed by atoms with Crippen molar-refractivity contribution in [3.8, 4) is 0 Å². The van der Waals surface area contributed by atoms with Crippen LogP contribution in [0.2, 0.25) is 0 Å². The van der Waals surface area contributed by atoms with Gasteiger partial charge in [0.15, 0.2) is 5.78 Å². The molecule has 0 saturated carbocycles. The van der Waals surface area contributed by atoms with Crippen molar-refractivity contribution in [2.24, 2.45) is 5.92 Å². The highest BCUT2D eigenvalue weighted by Gasteiger charge is 2.28. The third kappa shape index (κ3) is 4.32. The Morgan fingerprint density at radius 2 is 1.76 bits per heavy atom. The van der Waals surface area contributed by atoms with Crippen molar-refractivity contribution in [3.63, 3.8) is 0 Å². The highest BCUT2D eigenvalue weighted by atomic mass is 19.1. The number of ketones is 1. The molecule has 1 amide bonds. The first-order chi connectivity index (χ1) is 12.0. The summed E-state index contributed by atoms with van der Waals surface area (Å²) in [7, 11) is 0. The molecule has 1 atom stereocenters. The number of likely N-dealkylation sites (tertiary alicyclic amines) is 1. The average Bonchev–Trinajstić information content (AvgIpc) is 2.64. The van der Waals surface area contributed by atoms with Gasteiger partial charge in [0, 0.05) is 24.6 Å². The topological polar surface area (TPSA) is 37.4 Å². The number of benzene rings is 2. The van der Waals surface area contributed by atoms with E-state index in [4.69, 9.17) is 0 Å². The first-order valence-corrected chi connectivity index (χ1v) is 8.66. The van der Waals surface area contributed by atoms with Crippen molar-refractivity contribution in [2.45, 2.75) is 26.2 Å². The smallest absolute Gasteiger partial charge is 0.227 e. The minimum absolute atomic E-state index is 0.00647. The molecule has 2 aromatic carbocycles. The first-order valence-electron chi connectivity index (χ1n) is 8.66. The molecular formula is C21H22FNO2. The van der Waals surface area contributed by atoms with Crippen molar-refractivity contribution < 1.29 is 14.0 Å². The number of carbonyl (C=O) groups is 2. The molecule has 0 aliphatic carbocycles. The minimum atomic E-state index is -0.307. The zero-order valence-corrected chi connectivity index (χ0v) is 14.4. The third-order valence-corrected chi connectivity index (χ3v) is 4.75. The summed E-state index contributed by atoms with van der Waals surface area (Å²) in [6.07, 6.45) is 1.89. The number of rotatable bonds is 4. The summed E-state index contributed by atoms with van der Waals surface area (Å²) in [5.41, 5.74) is 2.62. The van der Waals surface area contributed by atoms with Gasteiger partial charge >= 0.3 is 0 Å². The van der Waals surface area contributed by atoms with Gasteiger partial charge in [0.05, 0.1) is 6.42 Å². The van der Waals surface area contributed by atoms with E-state index in [0.717, 1.165) is 24.0 Å². The number of amides is 1. The third-order valence-electron chi connectivity index (χ3n) is 4.75. The molecule has 0 aromatic heterocycles. The molecule has 3 rings (SSSR count). The van der Waals surface area contributed by atoms with E-state index in [0.29, 0.717) is 18.7 Å². The molecule has 4 heteroatoms. The van der Waals surface area contributed by atoms with E-state index in [1.165, 1.54) is 12.1 Å². The second-order valence-electron chi connectivity index (χ2n) is 6.71. The van der Waals surface area contributed by atoms with Crippen LogP contribution in [-0.2, 0) is 11.2 Å². The molecule has 0 spiro atoms. The maximum Gasteiger partial charge on any atom is 0.227 e. The van der Waals surface area contributed by atoms with Crippen LogP contribution >= 0.6 is 0 Å². The molecule has 1 aliphatic heterocycles. The molecule has 1 fully saturated rings. The number of aryl methyl sites for hydroxylation is 1. The van der Waals surface area contributed by atoms with Crippen LogP contribution in [0.15, 0.2) is 48.5 Å². The normalized spacial score (nSPS) is 17.4. The van der Waals surface area contributed by atoms with Crippen LogP contribution in [0.1, 0.15) is 34.3 Å². The SMILES string of the molecule is Cc1ccc(C(=O)C2CCCN(C(=O)Cc3ccc(F)cc3)C2)cc1. The van der Waals surface area contributed by atoms with E-state index in [9.17, 15) is 14.0 Å². The Morgan fingerprint density at radius 3 is 2.44 bits per heavy atom. The molecule has 1 saturated heterocycles. The fourth-order valence-corrected chi connectivity index (χ4v) is 3.26. The van der Waals surface area contributed by atoms with Crippen molar-refractivity contribution in [1.29, 1.82) is 0 Å². The number of nitrogens with zero attached hydrogens (tertiary/aromatic N) is 1. The molecule has 25 heavy (non-hydrogen) atoms. The quantitative estimate of drug-likeness (QED) is 0.795. The van der Waals surface area contributed by atoms with Gasteiger partial charge in [-0.2, -0.15) is 0 Å². The minimum Gasteiger partial charge on any atom is -0.342 e. The molecular weight excluding hydrogens is 317 g/mol. The lowest BCUT2D eigenvalue weighted by atomic mass is 9.89. The lowest BCUT2D eigenvalue weighted by Gasteiger charge is -2.32. The maximum atomic E-state index is 13.0. The Bertz CT molecular complexity index is 752. The van der Waals surface area contributed by atoms with Crippen LogP contribution < -0.4 is 0 Å². The van der Waals surface area contributed by atoms with Crippen molar-refractivity contribution in [1.82, 2.24) is 4.90 Å². The van der Waals surface area contributed by atoms with Gasteiger partial charge in [-0.3, -0.25) is 9.59 Å². The van der Waals surface area contributed by atoms with Gasteiger partial charge in [0.1, 0.15) is 5.82 Å². The molecule has 1 heterocycles. The maximum absolute atomic E-state index is 13.0.